The first kappa shape index (κ1) is 19.3. The molecule has 2 heterocycles. The van der Waals surface area contributed by atoms with Crippen molar-refractivity contribution in [3.8, 4) is 0 Å². The van der Waals surface area contributed by atoms with Crippen LogP contribution in [0.25, 0.3) is 0 Å². The van der Waals surface area contributed by atoms with Gasteiger partial charge in [-0.15, -0.1) is 0 Å². The fourth-order valence-electron chi connectivity index (χ4n) is 3.54. The van der Waals surface area contributed by atoms with E-state index < -0.39 is 10.0 Å². The van der Waals surface area contributed by atoms with E-state index in [1.165, 1.54) is 0 Å². The molecule has 2 fully saturated rings. The number of nitrogens with zero attached hydrogens (tertiary/aromatic N) is 2. The summed E-state index contributed by atoms with van der Waals surface area (Å²) in [6.45, 7) is 5.08. The molecule has 2 saturated heterocycles. The van der Waals surface area contributed by atoms with Gasteiger partial charge in [0.1, 0.15) is 0 Å². The first-order valence-corrected chi connectivity index (χ1v) is 10.9. The van der Waals surface area contributed by atoms with Crippen molar-refractivity contribution in [1.29, 1.82) is 0 Å². The Kier molecular flexibility index (Phi) is 6.32. The zero-order valence-electron chi connectivity index (χ0n) is 15.4. The molecule has 3 rings (SSSR count). The Labute approximate surface area is 156 Å². The van der Waals surface area contributed by atoms with Crippen molar-refractivity contribution in [2.45, 2.75) is 50.0 Å². The van der Waals surface area contributed by atoms with Crippen LogP contribution in [0.15, 0.2) is 29.2 Å². The number of piperidine rings is 1. The normalized spacial score (nSPS) is 22.3. The molecule has 0 radical (unpaired) electrons. The number of aryl methyl sites for hydroxylation is 1. The molecule has 0 N–H and O–H groups in total. The third-order valence-corrected chi connectivity index (χ3v) is 7.01. The van der Waals surface area contributed by atoms with Gasteiger partial charge in [-0.25, -0.2) is 8.42 Å². The van der Waals surface area contributed by atoms with Gasteiger partial charge in [-0.2, -0.15) is 4.31 Å². The van der Waals surface area contributed by atoms with Gasteiger partial charge >= 0.3 is 0 Å². The number of amides is 1. The van der Waals surface area contributed by atoms with Gasteiger partial charge in [0.15, 0.2) is 0 Å². The molecule has 2 aliphatic heterocycles. The monoisotopic (exact) mass is 380 g/mol. The van der Waals surface area contributed by atoms with Crippen LogP contribution in [-0.4, -0.2) is 62.4 Å². The molecule has 0 unspecified atom stereocenters. The van der Waals surface area contributed by atoms with E-state index in [1.54, 1.807) is 16.4 Å². The Morgan fingerprint density at radius 1 is 1.12 bits per heavy atom. The van der Waals surface area contributed by atoms with E-state index >= 15 is 0 Å². The summed E-state index contributed by atoms with van der Waals surface area (Å²) in [7, 11) is -3.39. The fourth-order valence-corrected chi connectivity index (χ4v) is 5.05. The second kappa shape index (κ2) is 8.50. The topological polar surface area (TPSA) is 66.9 Å². The highest BCUT2D eigenvalue weighted by Crippen LogP contribution is 2.21. The third kappa shape index (κ3) is 4.64. The van der Waals surface area contributed by atoms with Crippen LogP contribution in [0.5, 0.6) is 0 Å². The van der Waals surface area contributed by atoms with E-state index in [0.717, 1.165) is 24.8 Å². The predicted octanol–water partition coefficient (Wildman–Crippen LogP) is 2.04. The maximum absolute atomic E-state index is 12.7. The van der Waals surface area contributed by atoms with Crippen molar-refractivity contribution in [2.75, 3.05) is 32.8 Å². The first-order chi connectivity index (χ1) is 12.5. The van der Waals surface area contributed by atoms with Crippen molar-refractivity contribution >= 4 is 15.9 Å². The van der Waals surface area contributed by atoms with E-state index in [-0.39, 0.29) is 12.0 Å². The van der Waals surface area contributed by atoms with Gasteiger partial charge in [0.2, 0.25) is 15.9 Å². The molecule has 1 aromatic carbocycles. The summed E-state index contributed by atoms with van der Waals surface area (Å²) in [5.74, 6) is 0.130. The summed E-state index contributed by atoms with van der Waals surface area (Å²) in [4.78, 5) is 14.5. The summed E-state index contributed by atoms with van der Waals surface area (Å²) in [6, 6.07) is 6.99. The quantitative estimate of drug-likeness (QED) is 0.784. The molecule has 0 spiro atoms. The number of benzene rings is 1. The number of hydrogen-bond donors (Lipinski definition) is 0. The maximum atomic E-state index is 12.7. The van der Waals surface area contributed by atoms with Gasteiger partial charge in [-0.05, 0) is 43.9 Å². The molecule has 0 aliphatic carbocycles. The highest BCUT2D eigenvalue weighted by atomic mass is 32.2. The Morgan fingerprint density at radius 2 is 1.81 bits per heavy atom. The largest absolute Gasteiger partial charge is 0.375 e. The zero-order valence-corrected chi connectivity index (χ0v) is 16.2. The van der Waals surface area contributed by atoms with E-state index in [2.05, 4.69) is 0 Å². The Balaban J connectivity index is 1.56. The number of carbonyl (C=O) groups excluding carboxylic acids is 1. The molecule has 1 amide bonds. The second-order valence-corrected chi connectivity index (χ2v) is 9.07. The average Bonchev–Trinajstić information content (AvgIpc) is 2.67. The molecule has 0 saturated carbocycles. The standard InChI is InChI=1S/C19H28N2O4S/c1-16-15-20(13-14-25-16)19(22)10-7-17-5-8-18(9-6-17)26(23,24)21-11-3-2-4-12-21/h5-6,8-9,16H,2-4,7,10-15H2,1H3/t16-/m0/s1. The second-order valence-electron chi connectivity index (χ2n) is 7.13. The molecule has 1 aromatic rings. The Bertz CT molecular complexity index is 712. The van der Waals surface area contributed by atoms with E-state index in [4.69, 9.17) is 4.74 Å². The number of hydrogen-bond acceptors (Lipinski definition) is 4. The molecule has 26 heavy (non-hydrogen) atoms. The molecule has 6 nitrogen and oxygen atoms in total. The van der Waals surface area contributed by atoms with E-state index in [0.29, 0.717) is 50.5 Å². The lowest BCUT2D eigenvalue weighted by molar-refractivity contribution is -0.138. The van der Waals surface area contributed by atoms with Gasteiger partial charge < -0.3 is 9.64 Å². The molecule has 7 heteroatoms. The SMILES string of the molecule is C[C@H]1CN(C(=O)CCc2ccc(S(=O)(=O)N3CCCCC3)cc2)CCO1. The minimum atomic E-state index is -3.39. The van der Waals surface area contributed by atoms with Crippen LogP contribution in [0.3, 0.4) is 0 Å². The molecular formula is C19H28N2O4S. The number of sulfonamides is 1. The highest BCUT2D eigenvalue weighted by molar-refractivity contribution is 7.89. The Hall–Kier alpha value is -1.44. The summed E-state index contributed by atoms with van der Waals surface area (Å²) in [6.07, 6.45) is 4.10. The maximum Gasteiger partial charge on any atom is 0.243 e. The van der Waals surface area contributed by atoms with Crippen LogP contribution < -0.4 is 0 Å². The van der Waals surface area contributed by atoms with Crippen molar-refractivity contribution in [3.05, 3.63) is 29.8 Å². The van der Waals surface area contributed by atoms with Crippen LogP contribution in [0.1, 0.15) is 38.2 Å². The minimum Gasteiger partial charge on any atom is -0.375 e. The molecule has 1 atom stereocenters. The summed E-state index contributed by atoms with van der Waals surface area (Å²) in [5.41, 5.74) is 0.984. The fraction of sp³-hybridized carbons (Fsp3) is 0.632. The number of rotatable bonds is 5. The highest BCUT2D eigenvalue weighted by Gasteiger charge is 2.26. The van der Waals surface area contributed by atoms with Crippen LogP contribution >= 0.6 is 0 Å². The van der Waals surface area contributed by atoms with Gasteiger partial charge in [0.25, 0.3) is 0 Å². The van der Waals surface area contributed by atoms with Gasteiger partial charge in [-0.3, -0.25) is 4.79 Å². The van der Waals surface area contributed by atoms with Crippen molar-refractivity contribution in [1.82, 2.24) is 9.21 Å². The molecular weight excluding hydrogens is 352 g/mol. The van der Waals surface area contributed by atoms with Crippen molar-refractivity contribution < 1.29 is 17.9 Å². The molecule has 0 aromatic heterocycles. The van der Waals surface area contributed by atoms with Gasteiger partial charge in [0.05, 0.1) is 17.6 Å². The predicted molar refractivity (Wildman–Crippen MR) is 99.4 cm³/mol. The molecule has 0 bridgehead atoms. The van der Waals surface area contributed by atoms with E-state index in [9.17, 15) is 13.2 Å². The summed E-state index contributed by atoms with van der Waals surface area (Å²) in [5, 5.41) is 0. The average molecular weight is 381 g/mol. The lowest BCUT2D eigenvalue weighted by Crippen LogP contribution is -2.44. The van der Waals surface area contributed by atoms with Crippen molar-refractivity contribution in [2.24, 2.45) is 0 Å². The third-order valence-electron chi connectivity index (χ3n) is 5.10. The van der Waals surface area contributed by atoms with Gasteiger partial charge in [-0.1, -0.05) is 18.6 Å². The summed E-state index contributed by atoms with van der Waals surface area (Å²) < 4.78 is 32.3. The molecule has 144 valence electrons. The number of morpholine rings is 1. The van der Waals surface area contributed by atoms with Crippen molar-refractivity contribution in [3.63, 3.8) is 0 Å². The number of ether oxygens (including phenoxy) is 1. The van der Waals surface area contributed by atoms with Crippen LogP contribution in [-0.2, 0) is 26.0 Å². The zero-order chi connectivity index (χ0) is 18.6. The molecule has 2 aliphatic rings. The smallest absolute Gasteiger partial charge is 0.243 e. The minimum absolute atomic E-state index is 0.0898. The van der Waals surface area contributed by atoms with Crippen LogP contribution in [0.4, 0.5) is 0 Å². The summed E-state index contributed by atoms with van der Waals surface area (Å²) >= 11 is 0. The van der Waals surface area contributed by atoms with Crippen LogP contribution in [0.2, 0.25) is 0 Å². The Morgan fingerprint density at radius 3 is 2.46 bits per heavy atom. The van der Waals surface area contributed by atoms with E-state index in [1.807, 2.05) is 24.0 Å². The lowest BCUT2D eigenvalue weighted by atomic mass is 10.1. The number of carbonyl (C=O) groups is 1. The lowest BCUT2D eigenvalue weighted by Gasteiger charge is -2.31. The van der Waals surface area contributed by atoms with Gasteiger partial charge in [0, 0.05) is 32.6 Å². The van der Waals surface area contributed by atoms with Crippen LogP contribution in [0, 0.1) is 0 Å². The first-order valence-electron chi connectivity index (χ1n) is 9.45.